The summed E-state index contributed by atoms with van der Waals surface area (Å²) < 4.78 is 9.95. The maximum Gasteiger partial charge on any atom is 0.305 e. The smallest absolute Gasteiger partial charge is 0.305 e. The van der Waals surface area contributed by atoms with Crippen LogP contribution in [0.5, 0.6) is 0 Å². The fourth-order valence-electron chi connectivity index (χ4n) is 1.50. The number of unbranched alkanes of at least 4 members (excludes halogenated alkanes) is 5. The first-order valence-electron chi connectivity index (χ1n) is 6.65. The lowest BCUT2D eigenvalue weighted by molar-refractivity contribution is -0.145. The predicted octanol–water partition coefficient (Wildman–Crippen LogP) is 2.29. The second-order valence-electron chi connectivity index (χ2n) is 4.07. The second kappa shape index (κ2) is 13.5. The van der Waals surface area contributed by atoms with Crippen molar-refractivity contribution >= 4 is 5.97 Å². The molecule has 0 aliphatic carbocycles. The van der Waals surface area contributed by atoms with Gasteiger partial charge in [-0.25, -0.2) is 0 Å². The zero-order valence-electron chi connectivity index (χ0n) is 11.0. The molecule has 0 aliphatic heterocycles. The standard InChI is InChI=1S/C13H26O4/c1-2-3-4-5-6-7-8-13(15)17-12-11-16-10-9-14/h14H,2-12H2,1H3. The highest BCUT2D eigenvalue weighted by Gasteiger charge is 2.02. The SMILES string of the molecule is CCCCCCCCC(=O)OCCOCCO. The van der Waals surface area contributed by atoms with Crippen LogP contribution in [0.1, 0.15) is 51.9 Å². The molecule has 1 N–H and O–H groups in total. The van der Waals surface area contributed by atoms with Gasteiger partial charge in [0.1, 0.15) is 6.61 Å². The number of hydrogen-bond donors (Lipinski definition) is 1. The van der Waals surface area contributed by atoms with Gasteiger partial charge in [-0.1, -0.05) is 39.0 Å². The van der Waals surface area contributed by atoms with Crippen LogP contribution in [0.3, 0.4) is 0 Å². The quantitative estimate of drug-likeness (QED) is 0.424. The molecule has 0 rings (SSSR count). The van der Waals surface area contributed by atoms with E-state index in [1.165, 1.54) is 25.7 Å². The minimum absolute atomic E-state index is 0.00566. The van der Waals surface area contributed by atoms with E-state index in [9.17, 15) is 4.79 Å². The van der Waals surface area contributed by atoms with Crippen molar-refractivity contribution in [2.24, 2.45) is 0 Å². The Balaban J connectivity index is 3.12. The summed E-state index contributed by atoms with van der Waals surface area (Å²) in [6.45, 7) is 3.15. The monoisotopic (exact) mass is 246 g/mol. The van der Waals surface area contributed by atoms with Gasteiger partial charge in [-0.2, -0.15) is 0 Å². The largest absolute Gasteiger partial charge is 0.463 e. The molecule has 102 valence electrons. The van der Waals surface area contributed by atoms with Crippen molar-refractivity contribution in [2.45, 2.75) is 51.9 Å². The maximum atomic E-state index is 11.2. The molecule has 0 aliphatic rings. The Morgan fingerprint density at radius 1 is 1.00 bits per heavy atom. The third-order valence-corrected chi connectivity index (χ3v) is 2.46. The summed E-state index contributed by atoms with van der Waals surface area (Å²) in [4.78, 5) is 11.2. The number of aliphatic hydroxyl groups excluding tert-OH is 1. The summed E-state index contributed by atoms with van der Waals surface area (Å²) in [5, 5.41) is 8.45. The van der Waals surface area contributed by atoms with Gasteiger partial charge >= 0.3 is 5.97 Å². The Morgan fingerprint density at radius 3 is 2.41 bits per heavy atom. The molecule has 0 radical (unpaired) electrons. The Kier molecular flexibility index (Phi) is 13.0. The molecule has 0 atom stereocenters. The average Bonchev–Trinajstić information content (AvgIpc) is 2.33. The highest BCUT2D eigenvalue weighted by atomic mass is 16.6. The Hall–Kier alpha value is -0.610. The molecule has 0 saturated carbocycles. The highest BCUT2D eigenvalue weighted by molar-refractivity contribution is 5.69. The first-order valence-corrected chi connectivity index (χ1v) is 6.65. The lowest BCUT2D eigenvalue weighted by Gasteiger charge is -2.05. The number of hydrogen-bond acceptors (Lipinski definition) is 4. The van der Waals surface area contributed by atoms with Crippen LogP contribution in [-0.2, 0) is 14.3 Å². The van der Waals surface area contributed by atoms with Gasteiger partial charge in [-0.15, -0.1) is 0 Å². The van der Waals surface area contributed by atoms with Crippen LogP contribution >= 0.6 is 0 Å². The van der Waals surface area contributed by atoms with Gasteiger partial charge in [0.25, 0.3) is 0 Å². The Labute approximate surface area is 104 Å². The summed E-state index contributed by atoms with van der Waals surface area (Å²) >= 11 is 0. The normalized spacial score (nSPS) is 10.5. The van der Waals surface area contributed by atoms with Crippen LogP contribution in [0.4, 0.5) is 0 Å². The lowest BCUT2D eigenvalue weighted by atomic mass is 10.1. The van der Waals surface area contributed by atoms with Crippen molar-refractivity contribution in [1.29, 1.82) is 0 Å². The van der Waals surface area contributed by atoms with Crippen molar-refractivity contribution in [3.63, 3.8) is 0 Å². The number of carbonyl (C=O) groups is 1. The summed E-state index contributed by atoms with van der Waals surface area (Å²) in [6, 6.07) is 0. The van der Waals surface area contributed by atoms with E-state index < -0.39 is 0 Å². The maximum absolute atomic E-state index is 11.2. The summed E-state index contributed by atoms with van der Waals surface area (Å²) in [6.07, 6.45) is 7.53. The van der Waals surface area contributed by atoms with Crippen LogP contribution in [0, 0.1) is 0 Å². The van der Waals surface area contributed by atoms with Gasteiger partial charge in [0.05, 0.1) is 19.8 Å². The fraction of sp³-hybridized carbons (Fsp3) is 0.923. The average molecular weight is 246 g/mol. The molecule has 0 aromatic carbocycles. The van der Waals surface area contributed by atoms with E-state index in [0.717, 1.165) is 12.8 Å². The third-order valence-electron chi connectivity index (χ3n) is 2.46. The molecule has 0 amide bonds. The molecule has 4 heteroatoms. The van der Waals surface area contributed by atoms with E-state index in [2.05, 4.69) is 6.92 Å². The van der Waals surface area contributed by atoms with Crippen molar-refractivity contribution in [1.82, 2.24) is 0 Å². The van der Waals surface area contributed by atoms with Crippen molar-refractivity contribution in [3.8, 4) is 0 Å². The van der Waals surface area contributed by atoms with Crippen LogP contribution in [0.25, 0.3) is 0 Å². The molecule has 0 spiro atoms. The summed E-state index contributed by atoms with van der Waals surface area (Å²) in [5.41, 5.74) is 0. The summed E-state index contributed by atoms with van der Waals surface area (Å²) in [7, 11) is 0. The summed E-state index contributed by atoms with van der Waals surface area (Å²) in [5.74, 6) is -0.145. The van der Waals surface area contributed by atoms with Crippen LogP contribution in [0.2, 0.25) is 0 Å². The number of aliphatic hydroxyl groups is 1. The van der Waals surface area contributed by atoms with Gasteiger partial charge in [0, 0.05) is 6.42 Å². The van der Waals surface area contributed by atoms with Crippen molar-refractivity contribution in [2.75, 3.05) is 26.4 Å². The minimum Gasteiger partial charge on any atom is -0.463 e. The zero-order chi connectivity index (χ0) is 12.8. The fourth-order valence-corrected chi connectivity index (χ4v) is 1.50. The number of ether oxygens (including phenoxy) is 2. The molecule has 4 nitrogen and oxygen atoms in total. The van der Waals surface area contributed by atoms with E-state index in [4.69, 9.17) is 14.6 Å². The molecule has 0 saturated heterocycles. The van der Waals surface area contributed by atoms with Gasteiger partial charge in [-0.3, -0.25) is 4.79 Å². The molecule has 0 fully saturated rings. The van der Waals surface area contributed by atoms with Crippen molar-refractivity contribution in [3.05, 3.63) is 0 Å². The molecule has 0 unspecified atom stereocenters. The van der Waals surface area contributed by atoms with Gasteiger partial charge in [0.2, 0.25) is 0 Å². The topological polar surface area (TPSA) is 55.8 Å². The number of esters is 1. The minimum atomic E-state index is -0.145. The molecule has 0 aromatic rings. The van der Waals surface area contributed by atoms with Crippen molar-refractivity contribution < 1.29 is 19.4 Å². The number of carbonyl (C=O) groups excluding carboxylic acids is 1. The van der Waals surface area contributed by atoms with E-state index in [1.807, 2.05) is 0 Å². The molecular formula is C13H26O4. The van der Waals surface area contributed by atoms with Crippen LogP contribution in [0.15, 0.2) is 0 Å². The van der Waals surface area contributed by atoms with E-state index in [-0.39, 0.29) is 19.2 Å². The van der Waals surface area contributed by atoms with E-state index in [0.29, 0.717) is 19.6 Å². The molecule has 0 heterocycles. The molecule has 0 bridgehead atoms. The second-order valence-corrected chi connectivity index (χ2v) is 4.07. The zero-order valence-corrected chi connectivity index (χ0v) is 11.0. The molecule has 0 aromatic heterocycles. The Morgan fingerprint density at radius 2 is 1.71 bits per heavy atom. The third kappa shape index (κ3) is 13.3. The highest BCUT2D eigenvalue weighted by Crippen LogP contribution is 2.07. The first-order chi connectivity index (χ1) is 8.31. The van der Waals surface area contributed by atoms with Gasteiger partial charge in [-0.05, 0) is 6.42 Å². The predicted molar refractivity (Wildman–Crippen MR) is 66.9 cm³/mol. The first kappa shape index (κ1) is 16.4. The molecular weight excluding hydrogens is 220 g/mol. The van der Waals surface area contributed by atoms with E-state index in [1.54, 1.807) is 0 Å². The molecule has 17 heavy (non-hydrogen) atoms. The van der Waals surface area contributed by atoms with E-state index >= 15 is 0 Å². The number of rotatable bonds is 12. The van der Waals surface area contributed by atoms with Crippen LogP contribution in [-0.4, -0.2) is 37.5 Å². The van der Waals surface area contributed by atoms with Gasteiger partial charge in [0.15, 0.2) is 0 Å². The Bertz CT molecular complexity index is 171. The lowest BCUT2D eigenvalue weighted by Crippen LogP contribution is -2.11. The van der Waals surface area contributed by atoms with Gasteiger partial charge < -0.3 is 14.6 Å². The van der Waals surface area contributed by atoms with Crippen LogP contribution < -0.4 is 0 Å².